The quantitative estimate of drug-likeness (QED) is 0.861. The summed E-state index contributed by atoms with van der Waals surface area (Å²) < 4.78 is 37.9. The van der Waals surface area contributed by atoms with Crippen LogP contribution in [0, 0.1) is 13.8 Å². The molecular formula is C13H10ClF3N2O. The van der Waals surface area contributed by atoms with E-state index in [0.29, 0.717) is 11.6 Å². The van der Waals surface area contributed by atoms with Crippen molar-refractivity contribution in [3.05, 3.63) is 40.0 Å². The molecule has 0 aliphatic heterocycles. The molecule has 2 rings (SSSR count). The molecule has 7 heteroatoms. The average molecular weight is 303 g/mol. The third kappa shape index (κ3) is 2.70. The number of hydrogen-bond acceptors (Lipinski definition) is 3. The fourth-order valence-electron chi connectivity index (χ4n) is 1.86. The lowest BCUT2D eigenvalue weighted by Crippen LogP contribution is -2.06. The molecule has 0 unspecified atom stereocenters. The molecule has 0 saturated carbocycles. The van der Waals surface area contributed by atoms with E-state index >= 15 is 0 Å². The fraction of sp³-hybridized carbons (Fsp3) is 0.231. The zero-order valence-corrected chi connectivity index (χ0v) is 11.3. The summed E-state index contributed by atoms with van der Waals surface area (Å²) in [5.74, 6) is -0.492. The fourth-order valence-corrected chi connectivity index (χ4v) is 1.95. The Bertz CT molecular complexity index is 648. The third-order valence-electron chi connectivity index (χ3n) is 2.82. The van der Waals surface area contributed by atoms with Gasteiger partial charge in [-0.25, -0.2) is 0 Å². The van der Waals surface area contributed by atoms with Gasteiger partial charge in [0.25, 0.3) is 0 Å². The first-order chi connectivity index (χ1) is 9.20. The average Bonchev–Trinajstić information content (AvgIpc) is 2.31. The second kappa shape index (κ2) is 4.94. The van der Waals surface area contributed by atoms with Gasteiger partial charge in [0.2, 0.25) is 0 Å². The summed E-state index contributed by atoms with van der Waals surface area (Å²) in [6, 6.07) is 3.19. The maximum atomic E-state index is 12.6. The smallest absolute Gasteiger partial charge is 0.416 e. The van der Waals surface area contributed by atoms with Gasteiger partial charge in [-0.3, -0.25) is 0 Å². The van der Waals surface area contributed by atoms with Crippen LogP contribution in [0.15, 0.2) is 18.2 Å². The van der Waals surface area contributed by atoms with Gasteiger partial charge in [0, 0.05) is 5.56 Å². The largest absolute Gasteiger partial charge is 0.507 e. The number of benzene rings is 1. The number of hydrogen-bond donors (Lipinski definition) is 1. The first-order valence-electron chi connectivity index (χ1n) is 5.61. The number of halogens is 4. The van der Waals surface area contributed by atoms with Gasteiger partial charge in [0.05, 0.1) is 11.3 Å². The van der Waals surface area contributed by atoms with E-state index in [1.54, 1.807) is 13.0 Å². The molecule has 0 aliphatic carbocycles. The third-order valence-corrected chi connectivity index (χ3v) is 3.20. The molecule has 0 spiro atoms. The van der Waals surface area contributed by atoms with E-state index in [1.807, 2.05) is 0 Å². The van der Waals surface area contributed by atoms with Gasteiger partial charge in [-0.15, -0.1) is 10.2 Å². The van der Waals surface area contributed by atoms with Gasteiger partial charge in [-0.1, -0.05) is 11.6 Å². The highest BCUT2D eigenvalue weighted by molar-refractivity contribution is 6.30. The molecule has 2 aromatic rings. The van der Waals surface area contributed by atoms with Crippen molar-refractivity contribution in [1.29, 1.82) is 0 Å². The van der Waals surface area contributed by atoms with Crippen LogP contribution in [0.4, 0.5) is 13.2 Å². The normalized spacial score (nSPS) is 11.7. The zero-order valence-electron chi connectivity index (χ0n) is 10.6. The zero-order chi connectivity index (χ0) is 15.1. The lowest BCUT2D eigenvalue weighted by Gasteiger charge is -2.13. The standard InChI is InChI=1S/C13H10ClF3N2O/c1-6-3-8(13(15,16)17)5-10(20)11(6)9-4-7(2)12(14)19-18-9/h3-5,20H,1-2H3. The van der Waals surface area contributed by atoms with Crippen LogP contribution >= 0.6 is 11.6 Å². The molecule has 0 aliphatic rings. The first kappa shape index (κ1) is 14.6. The Labute approximate surface area is 118 Å². The van der Waals surface area contributed by atoms with Crippen molar-refractivity contribution in [1.82, 2.24) is 10.2 Å². The van der Waals surface area contributed by atoms with E-state index in [2.05, 4.69) is 10.2 Å². The molecule has 0 radical (unpaired) electrons. The number of alkyl halides is 3. The SMILES string of the molecule is Cc1cc(-c2c(C)cc(C(F)(F)F)cc2O)nnc1Cl. The minimum absolute atomic E-state index is 0.206. The van der Waals surface area contributed by atoms with Crippen molar-refractivity contribution in [3.63, 3.8) is 0 Å². The molecule has 20 heavy (non-hydrogen) atoms. The molecule has 1 aromatic heterocycles. The second-order valence-electron chi connectivity index (χ2n) is 4.39. The van der Waals surface area contributed by atoms with E-state index in [4.69, 9.17) is 11.6 Å². The highest BCUT2D eigenvalue weighted by Crippen LogP contribution is 2.38. The van der Waals surface area contributed by atoms with Crippen LogP contribution in [-0.4, -0.2) is 15.3 Å². The summed E-state index contributed by atoms with van der Waals surface area (Å²) in [5.41, 5.74) is 0.458. The number of aryl methyl sites for hydroxylation is 2. The highest BCUT2D eigenvalue weighted by atomic mass is 35.5. The van der Waals surface area contributed by atoms with Gasteiger partial charge in [-0.05, 0) is 43.2 Å². The van der Waals surface area contributed by atoms with Crippen LogP contribution in [0.3, 0.4) is 0 Å². The van der Waals surface area contributed by atoms with Gasteiger partial charge >= 0.3 is 6.18 Å². The predicted molar refractivity (Wildman–Crippen MR) is 68.6 cm³/mol. The van der Waals surface area contributed by atoms with Crippen molar-refractivity contribution in [2.75, 3.05) is 0 Å². The Morgan fingerprint density at radius 1 is 1.05 bits per heavy atom. The number of aromatic nitrogens is 2. The van der Waals surface area contributed by atoms with Crippen LogP contribution in [0.25, 0.3) is 11.3 Å². The van der Waals surface area contributed by atoms with Crippen molar-refractivity contribution in [3.8, 4) is 17.0 Å². The van der Waals surface area contributed by atoms with Crippen molar-refractivity contribution >= 4 is 11.6 Å². The van der Waals surface area contributed by atoms with Crippen LogP contribution in [0.1, 0.15) is 16.7 Å². The van der Waals surface area contributed by atoms with Crippen molar-refractivity contribution in [2.45, 2.75) is 20.0 Å². The highest BCUT2D eigenvalue weighted by Gasteiger charge is 2.32. The molecule has 106 valence electrons. The summed E-state index contributed by atoms with van der Waals surface area (Å²) in [6.45, 7) is 3.16. The first-order valence-corrected chi connectivity index (χ1v) is 5.99. The predicted octanol–water partition coefficient (Wildman–Crippen LogP) is 4.14. The Hall–Kier alpha value is -1.82. The van der Waals surface area contributed by atoms with Crippen molar-refractivity contribution in [2.24, 2.45) is 0 Å². The molecule has 0 atom stereocenters. The van der Waals surface area contributed by atoms with Gasteiger partial charge < -0.3 is 5.11 Å². The van der Waals surface area contributed by atoms with Crippen LogP contribution in [0.2, 0.25) is 5.15 Å². The van der Waals surface area contributed by atoms with E-state index in [1.165, 1.54) is 6.92 Å². The molecular weight excluding hydrogens is 293 g/mol. The summed E-state index contributed by atoms with van der Waals surface area (Å²) >= 11 is 5.75. The number of nitrogens with zero attached hydrogens (tertiary/aromatic N) is 2. The maximum absolute atomic E-state index is 12.6. The van der Waals surface area contributed by atoms with Gasteiger partial charge in [-0.2, -0.15) is 13.2 Å². The maximum Gasteiger partial charge on any atom is 0.416 e. The van der Waals surface area contributed by atoms with E-state index in [9.17, 15) is 18.3 Å². The molecule has 0 fully saturated rings. The van der Waals surface area contributed by atoms with E-state index < -0.39 is 17.5 Å². The topological polar surface area (TPSA) is 46.0 Å². The summed E-state index contributed by atoms with van der Waals surface area (Å²) in [6.07, 6.45) is -4.51. The van der Waals surface area contributed by atoms with Crippen LogP contribution in [-0.2, 0) is 6.18 Å². The van der Waals surface area contributed by atoms with E-state index in [-0.39, 0.29) is 22.0 Å². The molecule has 1 N–H and O–H groups in total. The van der Waals surface area contributed by atoms with Gasteiger partial charge in [0.15, 0.2) is 5.15 Å². The molecule has 3 nitrogen and oxygen atoms in total. The van der Waals surface area contributed by atoms with Crippen molar-refractivity contribution < 1.29 is 18.3 Å². The van der Waals surface area contributed by atoms with E-state index in [0.717, 1.165) is 6.07 Å². The molecule has 0 saturated heterocycles. The minimum atomic E-state index is -4.51. The number of rotatable bonds is 1. The summed E-state index contributed by atoms with van der Waals surface area (Å²) in [5, 5.41) is 17.5. The van der Waals surface area contributed by atoms with Crippen LogP contribution in [0.5, 0.6) is 5.75 Å². The molecule has 1 heterocycles. The van der Waals surface area contributed by atoms with Gasteiger partial charge in [0.1, 0.15) is 5.75 Å². The Morgan fingerprint density at radius 3 is 2.20 bits per heavy atom. The monoisotopic (exact) mass is 302 g/mol. The minimum Gasteiger partial charge on any atom is -0.507 e. The summed E-state index contributed by atoms with van der Waals surface area (Å²) in [7, 11) is 0. The Kier molecular flexibility index (Phi) is 3.60. The molecule has 0 amide bonds. The number of aromatic hydroxyl groups is 1. The molecule has 0 bridgehead atoms. The Morgan fingerprint density at radius 2 is 1.70 bits per heavy atom. The van der Waals surface area contributed by atoms with Crippen LogP contribution < -0.4 is 0 Å². The lowest BCUT2D eigenvalue weighted by atomic mass is 10.00. The molecule has 1 aromatic carbocycles. The Balaban J connectivity index is 2.61. The second-order valence-corrected chi connectivity index (χ2v) is 4.75. The summed E-state index contributed by atoms with van der Waals surface area (Å²) in [4.78, 5) is 0. The number of phenols is 1. The lowest BCUT2D eigenvalue weighted by molar-refractivity contribution is -0.137. The number of phenolic OH excluding ortho intramolecular Hbond substituents is 1.